The van der Waals surface area contributed by atoms with Crippen LogP contribution in [0.1, 0.15) is 27.7 Å². The van der Waals surface area contributed by atoms with Crippen molar-refractivity contribution in [3.05, 3.63) is 11.6 Å². The quantitative estimate of drug-likeness (QED) is 0.529. The molecule has 0 saturated carbocycles. The Hall–Kier alpha value is -0.870. The van der Waals surface area contributed by atoms with Gasteiger partial charge in [-0.1, -0.05) is 0 Å². The zero-order valence-corrected chi connectivity index (χ0v) is 9.70. The van der Waals surface area contributed by atoms with Crippen LogP contribution in [0, 0.1) is 0 Å². The highest BCUT2D eigenvalue weighted by atomic mass is 16.7. The van der Waals surface area contributed by atoms with Crippen LogP contribution < -0.4 is 0 Å². The lowest BCUT2D eigenvalue weighted by Crippen LogP contribution is -2.21. The van der Waals surface area contributed by atoms with Gasteiger partial charge in [0.15, 0.2) is 5.79 Å². The molecule has 0 aliphatic carbocycles. The Labute approximate surface area is 90.2 Å². The van der Waals surface area contributed by atoms with Crippen molar-refractivity contribution in [1.82, 2.24) is 0 Å². The molecule has 0 radical (unpaired) electrons. The van der Waals surface area contributed by atoms with Crippen LogP contribution in [0.15, 0.2) is 11.6 Å². The summed E-state index contributed by atoms with van der Waals surface area (Å²) in [7, 11) is 0. The summed E-state index contributed by atoms with van der Waals surface area (Å²) in [6.07, 6.45) is 1.58. The summed E-state index contributed by atoms with van der Waals surface area (Å²) in [5, 5.41) is 0. The van der Waals surface area contributed by atoms with Gasteiger partial charge >= 0.3 is 5.97 Å². The van der Waals surface area contributed by atoms with E-state index in [-0.39, 0.29) is 12.1 Å². The smallest absolute Gasteiger partial charge is 0.333 e. The normalized spacial score (nSPS) is 25.3. The van der Waals surface area contributed by atoms with E-state index in [9.17, 15) is 4.79 Å². The molecule has 0 amide bonds. The highest BCUT2D eigenvalue weighted by Crippen LogP contribution is 2.23. The van der Waals surface area contributed by atoms with E-state index in [1.54, 1.807) is 19.9 Å². The Morgan fingerprint density at radius 2 is 2.27 bits per heavy atom. The van der Waals surface area contributed by atoms with Crippen LogP contribution in [0.2, 0.25) is 0 Å². The van der Waals surface area contributed by atoms with Crippen molar-refractivity contribution < 1.29 is 19.0 Å². The van der Waals surface area contributed by atoms with Gasteiger partial charge in [0.25, 0.3) is 0 Å². The molecule has 0 bridgehead atoms. The fourth-order valence-corrected chi connectivity index (χ4v) is 1.39. The molecule has 0 N–H and O–H groups in total. The molecule has 0 aromatic carbocycles. The largest absolute Gasteiger partial charge is 0.463 e. The van der Waals surface area contributed by atoms with E-state index in [2.05, 4.69) is 0 Å². The molecule has 86 valence electrons. The molecule has 1 fully saturated rings. The van der Waals surface area contributed by atoms with E-state index < -0.39 is 5.79 Å². The van der Waals surface area contributed by atoms with E-state index in [0.717, 1.165) is 0 Å². The maximum absolute atomic E-state index is 11.3. The Morgan fingerprint density at radius 1 is 1.60 bits per heavy atom. The van der Waals surface area contributed by atoms with Crippen LogP contribution in [0.5, 0.6) is 0 Å². The summed E-state index contributed by atoms with van der Waals surface area (Å²) in [5.41, 5.74) is 0.558. The molecular weight excluding hydrogens is 196 g/mol. The second-order valence-electron chi connectivity index (χ2n) is 3.94. The lowest BCUT2D eigenvalue weighted by Gasteiger charge is -2.15. The molecule has 1 heterocycles. The van der Waals surface area contributed by atoms with Crippen molar-refractivity contribution in [3.8, 4) is 0 Å². The van der Waals surface area contributed by atoms with E-state index in [0.29, 0.717) is 18.8 Å². The van der Waals surface area contributed by atoms with Crippen LogP contribution in [-0.2, 0) is 19.0 Å². The second-order valence-corrected chi connectivity index (χ2v) is 3.94. The average Bonchev–Trinajstić information content (AvgIpc) is 2.46. The predicted molar refractivity (Wildman–Crippen MR) is 55.3 cm³/mol. The van der Waals surface area contributed by atoms with Gasteiger partial charge < -0.3 is 14.2 Å². The fraction of sp³-hybridized carbons (Fsp3) is 0.727. The predicted octanol–water partition coefficient (Wildman–Crippen LogP) is 1.65. The highest BCUT2D eigenvalue weighted by molar-refractivity contribution is 5.87. The maximum Gasteiger partial charge on any atom is 0.333 e. The molecule has 4 nitrogen and oxygen atoms in total. The standard InChI is InChI=1S/C11H18O4/c1-5-13-10(12)8(2)6-9-7-14-11(3,4)15-9/h6,9H,5,7H2,1-4H3/b8-6-/t9-/m0/s1. The van der Waals surface area contributed by atoms with Gasteiger partial charge in [-0.2, -0.15) is 0 Å². The van der Waals surface area contributed by atoms with Crippen molar-refractivity contribution in [1.29, 1.82) is 0 Å². The monoisotopic (exact) mass is 214 g/mol. The number of carbonyl (C=O) groups excluding carboxylic acids is 1. The number of hydrogen-bond donors (Lipinski definition) is 0. The molecule has 0 aromatic rings. The lowest BCUT2D eigenvalue weighted by atomic mass is 10.2. The number of rotatable bonds is 3. The van der Waals surface area contributed by atoms with E-state index in [4.69, 9.17) is 14.2 Å². The molecule has 1 atom stereocenters. The Bertz CT molecular complexity index is 268. The van der Waals surface area contributed by atoms with E-state index in [1.807, 2.05) is 13.8 Å². The van der Waals surface area contributed by atoms with Crippen LogP contribution in [0.4, 0.5) is 0 Å². The van der Waals surface area contributed by atoms with Crippen LogP contribution >= 0.6 is 0 Å². The Balaban J connectivity index is 2.53. The Morgan fingerprint density at radius 3 is 2.73 bits per heavy atom. The summed E-state index contributed by atoms with van der Waals surface area (Å²) < 4.78 is 15.8. The highest BCUT2D eigenvalue weighted by Gasteiger charge is 2.31. The summed E-state index contributed by atoms with van der Waals surface area (Å²) in [5.74, 6) is -0.860. The van der Waals surface area contributed by atoms with Crippen LogP contribution in [0.3, 0.4) is 0 Å². The number of esters is 1. The fourth-order valence-electron chi connectivity index (χ4n) is 1.39. The van der Waals surface area contributed by atoms with Crippen molar-refractivity contribution >= 4 is 5.97 Å². The van der Waals surface area contributed by atoms with E-state index >= 15 is 0 Å². The first-order chi connectivity index (χ1) is 6.94. The van der Waals surface area contributed by atoms with Crippen LogP contribution in [0.25, 0.3) is 0 Å². The van der Waals surface area contributed by atoms with Crippen LogP contribution in [-0.4, -0.2) is 31.1 Å². The van der Waals surface area contributed by atoms with Gasteiger partial charge in [-0.05, 0) is 33.8 Å². The molecular formula is C11H18O4. The summed E-state index contributed by atoms with van der Waals surface area (Å²) >= 11 is 0. The molecule has 1 saturated heterocycles. The summed E-state index contributed by atoms with van der Waals surface area (Å²) in [4.78, 5) is 11.3. The van der Waals surface area contributed by atoms with E-state index in [1.165, 1.54) is 0 Å². The average molecular weight is 214 g/mol. The third-order valence-electron chi connectivity index (χ3n) is 2.06. The second kappa shape index (κ2) is 4.77. The third kappa shape index (κ3) is 3.64. The Kier molecular flexibility index (Phi) is 3.88. The molecule has 4 heteroatoms. The first kappa shape index (κ1) is 12.2. The number of hydrogen-bond acceptors (Lipinski definition) is 4. The topological polar surface area (TPSA) is 44.8 Å². The minimum Gasteiger partial charge on any atom is -0.463 e. The summed E-state index contributed by atoms with van der Waals surface area (Å²) in [6.45, 7) is 8.05. The number of ether oxygens (including phenoxy) is 3. The zero-order chi connectivity index (χ0) is 11.5. The van der Waals surface area contributed by atoms with Crippen molar-refractivity contribution in [2.75, 3.05) is 13.2 Å². The minimum atomic E-state index is -0.559. The van der Waals surface area contributed by atoms with Gasteiger partial charge in [0, 0.05) is 5.57 Å². The minimum absolute atomic E-state index is 0.163. The maximum atomic E-state index is 11.3. The molecule has 0 spiro atoms. The van der Waals surface area contributed by atoms with Gasteiger partial charge in [0.1, 0.15) is 6.10 Å². The van der Waals surface area contributed by atoms with Crippen molar-refractivity contribution in [2.24, 2.45) is 0 Å². The lowest BCUT2D eigenvalue weighted by molar-refractivity contribution is -0.139. The van der Waals surface area contributed by atoms with Crippen molar-refractivity contribution in [3.63, 3.8) is 0 Å². The van der Waals surface area contributed by atoms with Gasteiger partial charge in [-0.25, -0.2) is 4.79 Å². The van der Waals surface area contributed by atoms with Gasteiger partial charge in [0.2, 0.25) is 0 Å². The summed E-state index contributed by atoms with van der Waals surface area (Å²) in [6, 6.07) is 0. The molecule has 1 aliphatic heterocycles. The van der Waals surface area contributed by atoms with Gasteiger partial charge in [-0.15, -0.1) is 0 Å². The molecule has 0 aromatic heterocycles. The number of carbonyl (C=O) groups is 1. The molecule has 1 aliphatic rings. The first-order valence-electron chi connectivity index (χ1n) is 5.12. The molecule has 0 unspecified atom stereocenters. The van der Waals surface area contributed by atoms with Crippen molar-refractivity contribution in [2.45, 2.75) is 39.6 Å². The van der Waals surface area contributed by atoms with Gasteiger partial charge in [0.05, 0.1) is 13.2 Å². The van der Waals surface area contributed by atoms with Gasteiger partial charge in [-0.3, -0.25) is 0 Å². The zero-order valence-electron chi connectivity index (χ0n) is 9.70. The first-order valence-corrected chi connectivity index (χ1v) is 5.12. The molecule has 1 rings (SSSR count). The SMILES string of the molecule is CCOC(=O)/C(C)=C\[C@H]1COC(C)(C)O1. The third-order valence-corrected chi connectivity index (χ3v) is 2.06. The molecule has 15 heavy (non-hydrogen) atoms.